The van der Waals surface area contributed by atoms with Gasteiger partial charge in [-0.1, -0.05) is 54.6 Å². The first kappa shape index (κ1) is 25.8. The normalized spacial score (nSPS) is 12.4. The Bertz CT molecular complexity index is 1330. The zero-order valence-electron chi connectivity index (χ0n) is 20.6. The molecule has 1 atom stereocenters. The third kappa shape index (κ3) is 7.59. The molecular formula is C29H29N3O5. The summed E-state index contributed by atoms with van der Waals surface area (Å²) >= 11 is 0. The lowest BCUT2D eigenvalue weighted by Crippen LogP contribution is -2.23. The first-order valence-corrected chi connectivity index (χ1v) is 12.1. The van der Waals surface area contributed by atoms with Crippen LogP contribution in [-0.2, 0) is 17.8 Å². The molecule has 0 saturated carbocycles. The van der Waals surface area contributed by atoms with E-state index in [1.54, 1.807) is 31.2 Å². The van der Waals surface area contributed by atoms with Gasteiger partial charge in [0.25, 0.3) is 0 Å². The van der Waals surface area contributed by atoms with Gasteiger partial charge < -0.3 is 19.6 Å². The van der Waals surface area contributed by atoms with E-state index in [9.17, 15) is 14.7 Å². The summed E-state index contributed by atoms with van der Waals surface area (Å²) in [6.07, 6.45) is 0.305. The molecule has 4 aromatic rings. The van der Waals surface area contributed by atoms with Gasteiger partial charge in [-0.2, -0.15) is 0 Å². The summed E-state index contributed by atoms with van der Waals surface area (Å²) in [4.78, 5) is 32.9. The van der Waals surface area contributed by atoms with Gasteiger partial charge in [-0.05, 0) is 36.8 Å². The van der Waals surface area contributed by atoms with E-state index in [4.69, 9.17) is 9.15 Å². The van der Waals surface area contributed by atoms with Gasteiger partial charge in [-0.3, -0.25) is 9.79 Å². The summed E-state index contributed by atoms with van der Waals surface area (Å²) in [5.74, 6) is 0.195. The van der Waals surface area contributed by atoms with Crippen LogP contribution in [0.5, 0.6) is 5.75 Å². The second kappa shape index (κ2) is 12.6. The average molecular weight is 500 g/mol. The van der Waals surface area contributed by atoms with E-state index in [2.05, 4.69) is 15.3 Å². The maximum Gasteiger partial charge on any atom is 0.328 e. The fourth-order valence-corrected chi connectivity index (χ4v) is 3.84. The number of ketones is 1. The molecule has 0 aliphatic rings. The molecule has 0 fully saturated rings. The molecule has 8 heteroatoms. The molecular weight excluding hydrogens is 470 g/mol. The highest BCUT2D eigenvalue weighted by Crippen LogP contribution is 2.16. The van der Waals surface area contributed by atoms with Gasteiger partial charge in [0, 0.05) is 30.7 Å². The van der Waals surface area contributed by atoms with E-state index in [0.717, 1.165) is 16.7 Å². The van der Waals surface area contributed by atoms with Crippen molar-refractivity contribution in [1.82, 2.24) is 10.3 Å². The fourth-order valence-electron chi connectivity index (χ4n) is 3.84. The number of aliphatic carboxylic acids is 1. The zero-order chi connectivity index (χ0) is 26.0. The smallest absolute Gasteiger partial charge is 0.328 e. The van der Waals surface area contributed by atoms with Crippen LogP contribution in [0.3, 0.4) is 0 Å². The largest absolute Gasteiger partial charge is 0.492 e. The fraction of sp³-hybridized carbons (Fsp3) is 0.241. The number of benzene rings is 3. The molecule has 0 bridgehead atoms. The number of fused-ring (bicyclic) bond motifs is 1. The number of Topliss-reactive ketones (excluding diaryl/α,β-unsaturated/α-hetero) is 1. The lowest BCUT2D eigenvalue weighted by Gasteiger charge is -2.11. The molecule has 1 aromatic heterocycles. The van der Waals surface area contributed by atoms with E-state index in [0.29, 0.717) is 42.6 Å². The number of carboxylic acid groups (broad SMARTS) is 1. The number of aromatic nitrogens is 1. The van der Waals surface area contributed by atoms with Crippen LogP contribution in [0.4, 0.5) is 0 Å². The molecule has 0 amide bonds. The highest BCUT2D eigenvalue weighted by molar-refractivity contribution is 6.09. The molecule has 0 spiro atoms. The Balaban J connectivity index is 1.23. The predicted octanol–water partition coefficient (Wildman–Crippen LogP) is 4.73. The lowest BCUT2D eigenvalue weighted by atomic mass is 10.0. The van der Waals surface area contributed by atoms with Gasteiger partial charge >= 0.3 is 5.97 Å². The van der Waals surface area contributed by atoms with Crippen LogP contribution in [0.2, 0.25) is 0 Å². The molecule has 0 aliphatic carbocycles. The Labute approximate surface area is 215 Å². The average Bonchev–Trinajstić information content (AvgIpc) is 3.32. The van der Waals surface area contributed by atoms with Crippen molar-refractivity contribution in [3.05, 3.63) is 95.9 Å². The summed E-state index contributed by atoms with van der Waals surface area (Å²) < 4.78 is 11.4. The molecule has 1 heterocycles. The molecule has 4 rings (SSSR count). The number of oxazole rings is 1. The first-order chi connectivity index (χ1) is 18.0. The maximum atomic E-state index is 12.4. The van der Waals surface area contributed by atoms with Crippen molar-refractivity contribution in [2.45, 2.75) is 32.4 Å². The minimum absolute atomic E-state index is 0.0843. The van der Waals surface area contributed by atoms with E-state index >= 15 is 0 Å². The van der Waals surface area contributed by atoms with Crippen molar-refractivity contribution in [2.24, 2.45) is 4.99 Å². The second-order valence-electron chi connectivity index (χ2n) is 8.63. The minimum atomic E-state index is -1.03. The highest BCUT2D eigenvalue weighted by Gasteiger charge is 2.18. The van der Waals surface area contributed by atoms with Crippen LogP contribution >= 0.6 is 0 Å². The monoisotopic (exact) mass is 499 g/mol. The Morgan fingerprint density at radius 2 is 1.76 bits per heavy atom. The first-order valence-electron chi connectivity index (χ1n) is 12.1. The summed E-state index contributed by atoms with van der Waals surface area (Å²) in [7, 11) is 0. The summed E-state index contributed by atoms with van der Waals surface area (Å²) in [5.41, 5.74) is 3.50. The number of rotatable bonds is 13. The maximum absolute atomic E-state index is 12.4. The lowest BCUT2D eigenvalue weighted by molar-refractivity contribution is -0.138. The van der Waals surface area contributed by atoms with Crippen LogP contribution in [0.25, 0.3) is 11.1 Å². The van der Waals surface area contributed by atoms with Gasteiger partial charge in [0.05, 0.1) is 6.54 Å². The van der Waals surface area contributed by atoms with Crippen molar-refractivity contribution in [3.63, 3.8) is 0 Å². The Hall–Kier alpha value is -4.30. The van der Waals surface area contributed by atoms with Crippen molar-refractivity contribution < 1.29 is 23.8 Å². The second-order valence-corrected chi connectivity index (χ2v) is 8.63. The molecule has 2 N–H and O–H groups in total. The highest BCUT2D eigenvalue weighted by atomic mass is 16.5. The molecule has 190 valence electrons. The number of hydrogen-bond donors (Lipinski definition) is 2. The van der Waals surface area contributed by atoms with Gasteiger partial charge in [0.2, 0.25) is 5.89 Å². The van der Waals surface area contributed by atoms with E-state index in [-0.39, 0.29) is 18.6 Å². The summed E-state index contributed by atoms with van der Waals surface area (Å²) in [6.45, 7) is 3.25. The number of aliphatic imine (C=N–C) groups is 1. The number of ether oxygens (including phenoxy) is 1. The van der Waals surface area contributed by atoms with Gasteiger partial charge in [0.1, 0.15) is 17.9 Å². The van der Waals surface area contributed by atoms with Crippen LogP contribution in [0.1, 0.15) is 35.2 Å². The Morgan fingerprint density at radius 3 is 2.49 bits per heavy atom. The van der Waals surface area contributed by atoms with Gasteiger partial charge in [-0.25, -0.2) is 9.78 Å². The topological polar surface area (TPSA) is 114 Å². The SMILES string of the molecule is CC(CC(=O)c1ccccc1)=N[C@@H](Cc1ccc(OCCNCc2nc3ccccc3o2)cc1)C(=O)O. The number of nitrogens with zero attached hydrogens (tertiary/aromatic N) is 2. The van der Waals surface area contributed by atoms with Crippen LogP contribution in [0, 0.1) is 0 Å². The minimum Gasteiger partial charge on any atom is -0.492 e. The predicted molar refractivity (Wildman–Crippen MR) is 141 cm³/mol. The number of carbonyl (C=O) groups is 2. The Morgan fingerprint density at radius 1 is 1.03 bits per heavy atom. The summed E-state index contributed by atoms with van der Waals surface area (Å²) in [6, 6.07) is 22.9. The molecule has 37 heavy (non-hydrogen) atoms. The number of hydrogen-bond acceptors (Lipinski definition) is 7. The molecule has 8 nitrogen and oxygen atoms in total. The van der Waals surface area contributed by atoms with Gasteiger partial charge in [0.15, 0.2) is 17.4 Å². The third-order valence-corrected chi connectivity index (χ3v) is 5.69. The molecule has 0 aliphatic heterocycles. The standard InChI is InChI=1S/C29H29N3O5/c1-20(17-26(33)22-7-3-2-4-8-22)31-25(29(34)35)18-21-11-13-23(14-12-21)36-16-15-30-19-28-32-24-9-5-6-10-27(24)37-28/h2-14,25,30H,15-19H2,1H3,(H,34,35)/t25-/m0/s1. The number of carboxylic acids is 1. The van der Waals surface area contributed by atoms with Crippen LogP contribution in [0.15, 0.2) is 88.3 Å². The Kier molecular flexibility index (Phi) is 8.78. The van der Waals surface area contributed by atoms with Crippen molar-refractivity contribution in [2.75, 3.05) is 13.2 Å². The molecule has 0 unspecified atom stereocenters. The third-order valence-electron chi connectivity index (χ3n) is 5.69. The molecule has 3 aromatic carbocycles. The van der Waals surface area contributed by atoms with Crippen molar-refractivity contribution in [3.8, 4) is 5.75 Å². The number of para-hydroxylation sites is 2. The number of nitrogens with one attached hydrogen (secondary N) is 1. The summed E-state index contributed by atoms with van der Waals surface area (Å²) in [5, 5.41) is 12.9. The quantitative estimate of drug-likeness (QED) is 0.155. The van der Waals surface area contributed by atoms with Crippen LogP contribution in [-0.4, -0.2) is 46.7 Å². The van der Waals surface area contributed by atoms with Crippen molar-refractivity contribution >= 4 is 28.6 Å². The van der Waals surface area contributed by atoms with E-state index in [1.165, 1.54) is 0 Å². The number of carbonyl (C=O) groups excluding carboxylic acids is 1. The van der Waals surface area contributed by atoms with E-state index < -0.39 is 12.0 Å². The van der Waals surface area contributed by atoms with Crippen molar-refractivity contribution in [1.29, 1.82) is 0 Å². The van der Waals surface area contributed by atoms with E-state index in [1.807, 2.05) is 54.6 Å². The van der Waals surface area contributed by atoms with Crippen LogP contribution < -0.4 is 10.1 Å². The molecule has 0 radical (unpaired) electrons. The zero-order valence-corrected chi connectivity index (χ0v) is 20.6. The molecule has 0 saturated heterocycles. The van der Waals surface area contributed by atoms with Gasteiger partial charge in [-0.15, -0.1) is 0 Å².